The molecule has 1 heterocycles. The van der Waals surface area contributed by atoms with Gasteiger partial charge < -0.3 is 16.0 Å². The van der Waals surface area contributed by atoms with E-state index in [1.54, 1.807) is 32.0 Å². The van der Waals surface area contributed by atoms with Gasteiger partial charge in [0.05, 0.1) is 0 Å². The number of H-pyrrole nitrogens is 1. The number of primary amides is 1. The fourth-order valence-corrected chi connectivity index (χ4v) is 1.98. The van der Waals surface area contributed by atoms with Crippen LogP contribution < -0.4 is 16.5 Å². The second-order valence-corrected chi connectivity index (χ2v) is 4.69. The molecule has 1 aromatic heterocycles. The highest BCUT2D eigenvalue weighted by Gasteiger charge is 2.14. The summed E-state index contributed by atoms with van der Waals surface area (Å²) in [7, 11) is 0. The van der Waals surface area contributed by atoms with Gasteiger partial charge in [0.2, 0.25) is 5.91 Å². The van der Waals surface area contributed by atoms with Crippen LogP contribution >= 0.6 is 0 Å². The smallest absolute Gasteiger partial charge is 0.261 e. The van der Waals surface area contributed by atoms with E-state index in [4.69, 9.17) is 5.73 Å². The molecular formula is C15H15N3O3. The molecule has 0 atom stereocenters. The molecule has 0 unspecified atom stereocenters. The summed E-state index contributed by atoms with van der Waals surface area (Å²) in [5, 5.41) is 2.62. The molecule has 0 saturated heterocycles. The van der Waals surface area contributed by atoms with Crippen molar-refractivity contribution in [1.29, 1.82) is 0 Å². The van der Waals surface area contributed by atoms with Gasteiger partial charge >= 0.3 is 0 Å². The number of aromatic amines is 1. The highest BCUT2D eigenvalue weighted by atomic mass is 16.2. The Hall–Kier alpha value is -2.89. The van der Waals surface area contributed by atoms with Gasteiger partial charge in [-0.2, -0.15) is 0 Å². The van der Waals surface area contributed by atoms with Crippen molar-refractivity contribution in [2.45, 2.75) is 13.8 Å². The van der Waals surface area contributed by atoms with Crippen LogP contribution in [0.3, 0.4) is 0 Å². The Morgan fingerprint density at radius 1 is 1.19 bits per heavy atom. The SMILES string of the molecule is Cc1cc(=O)c(C(=O)Nc2cccc(C(N)=O)c2C)c[nH]1. The number of pyridine rings is 1. The molecule has 1 aromatic carbocycles. The Morgan fingerprint density at radius 2 is 1.90 bits per heavy atom. The Morgan fingerprint density at radius 3 is 2.52 bits per heavy atom. The Bertz CT molecular complexity index is 778. The number of amides is 2. The summed E-state index contributed by atoms with van der Waals surface area (Å²) in [5.74, 6) is -1.11. The van der Waals surface area contributed by atoms with Gasteiger partial charge in [0.15, 0.2) is 5.43 Å². The van der Waals surface area contributed by atoms with E-state index in [1.807, 2.05) is 0 Å². The molecule has 0 bridgehead atoms. The normalized spacial score (nSPS) is 10.2. The number of carbonyl (C=O) groups is 2. The number of carbonyl (C=O) groups excluding carboxylic acids is 2. The Labute approximate surface area is 121 Å². The predicted octanol–water partition coefficient (Wildman–Crippen LogP) is 1.34. The number of rotatable bonds is 3. The lowest BCUT2D eigenvalue weighted by atomic mass is 10.1. The maximum absolute atomic E-state index is 12.1. The van der Waals surface area contributed by atoms with E-state index in [0.717, 1.165) is 0 Å². The van der Waals surface area contributed by atoms with E-state index in [0.29, 0.717) is 22.5 Å². The Kier molecular flexibility index (Phi) is 3.89. The standard InChI is InChI=1S/C15H15N3O3/c1-8-6-13(19)11(7-17-8)15(21)18-12-5-3-4-10(9(12)2)14(16)20/h3-7H,1-2H3,(H2,16,20)(H,17,19)(H,18,21). The minimum Gasteiger partial charge on any atom is -0.366 e. The summed E-state index contributed by atoms with van der Waals surface area (Å²) in [6.45, 7) is 3.40. The molecule has 2 amide bonds. The molecule has 0 aliphatic carbocycles. The summed E-state index contributed by atoms with van der Waals surface area (Å²) >= 11 is 0. The van der Waals surface area contributed by atoms with Gasteiger partial charge in [-0.05, 0) is 31.5 Å². The molecule has 2 aromatic rings. The lowest BCUT2D eigenvalue weighted by Crippen LogP contribution is -2.22. The number of nitrogens with two attached hydrogens (primary N) is 1. The van der Waals surface area contributed by atoms with Gasteiger partial charge in [-0.25, -0.2) is 0 Å². The highest BCUT2D eigenvalue weighted by molar-refractivity contribution is 6.05. The average molecular weight is 285 g/mol. The fourth-order valence-electron chi connectivity index (χ4n) is 1.98. The van der Waals surface area contributed by atoms with E-state index in [2.05, 4.69) is 10.3 Å². The number of benzene rings is 1. The number of aryl methyl sites for hydroxylation is 1. The Balaban J connectivity index is 2.34. The third-order valence-corrected chi connectivity index (χ3v) is 3.15. The molecular weight excluding hydrogens is 270 g/mol. The number of nitrogens with one attached hydrogen (secondary N) is 2. The van der Waals surface area contributed by atoms with Crippen molar-refractivity contribution < 1.29 is 9.59 Å². The topological polar surface area (TPSA) is 105 Å². The van der Waals surface area contributed by atoms with Crippen LogP contribution in [0.15, 0.2) is 35.3 Å². The fraction of sp³-hybridized carbons (Fsp3) is 0.133. The van der Waals surface area contributed by atoms with Crippen molar-refractivity contribution in [2.75, 3.05) is 5.32 Å². The quantitative estimate of drug-likeness (QED) is 0.792. The summed E-state index contributed by atoms with van der Waals surface area (Å²) in [4.78, 5) is 38.0. The molecule has 0 saturated carbocycles. The zero-order chi connectivity index (χ0) is 15.6. The van der Waals surface area contributed by atoms with Crippen LogP contribution in [0, 0.1) is 13.8 Å². The molecule has 2 rings (SSSR count). The first-order valence-corrected chi connectivity index (χ1v) is 6.30. The molecule has 21 heavy (non-hydrogen) atoms. The van der Waals surface area contributed by atoms with Gasteiger partial charge in [-0.1, -0.05) is 6.07 Å². The number of aromatic nitrogens is 1. The van der Waals surface area contributed by atoms with Crippen molar-refractivity contribution in [3.63, 3.8) is 0 Å². The zero-order valence-corrected chi connectivity index (χ0v) is 11.7. The van der Waals surface area contributed by atoms with E-state index in [-0.39, 0.29) is 11.0 Å². The molecule has 0 radical (unpaired) electrons. The lowest BCUT2D eigenvalue weighted by Gasteiger charge is -2.10. The van der Waals surface area contributed by atoms with E-state index < -0.39 is 11.8 Å². The third-order valence-electron chi connectivity index (χ3n) is 3.15. The predicted molar refractivity (Wildman–Crippen MR) is 79.4 cm³/mol. The molecule has 0 fully saturated rings. The average Bonchev–Trinajstić information content (AvgIpc) is 2.40. The molecule has 0 aliphatic rings. The highest BCUT2D eigenvalue weighted by Crippen LogP contribution is 2.19. The van der Waals surface area contributed by atoms with Crippen LogP contribution in [-0.4, -0.2) is 16.8 Å². The first kappa shape index (κ1) is 14.5. The largest absolute Gasteiger partial charge is 0.366 e. The number of anilines is 1. The van der Waals surface area contributed by atoms with E-state index >= 15 is 0 Å². The number of hydrogen-bond acceptors (Lipinski definition) is 3. The molecule has 6 nitrogen and oxygen atoms in total. The maximum atomic E-state index is 12.1. The van der Waals surface area contributed by atoms with Gasteiger partial charge in [-0.15, -0.1) is 0 Å². The van der Waals surface area contributed by atoms with Gasteiger partial charge in [0, 0.05) is 29.2 Å². The van der Waals surface area contributed by atoms with Crippen LogP contribution in [0.5, 0.6) is 0 Å². The molecule has 108 valence electrons. The van der Waals surface area contributed by atoms with E-state index in [9.17, 15) is 14.4 Å². The number of hydrogen-bond donors (Lipinski definition) is 3. The first-order valence-electron chi connectivity index (χ1n) is 6.30. The van der Waals surface area contributed by atoms with Gasteiger partial charge in [-0.3, -0.25) is 14.4 Å². The molecule has 4 N–H and O–H groups in total. The minimum absolute atomic E-state index is 0.00415. The van der Waals surface area contributed by atoms with Crippen molar-refractivity contribution in [3.05, 3.63) is 63.1 Å². The lowest BCUT2D eigenvalue weighted by molar-refractivity contribution is 0.0995. The summed E-state index contributed by atoms with van der Waals surface area (Å²) < 4.78 is 0. The van der Waals surface area contributed by atoms with Crippen molar-refractivity contribution >= 4 is 17.5 Å². The summed E-state index contributed by atoms with van der Waals surface area (Å²) in [5.41, 5.74) is 6.89. The first-order chi connectivity index (χ1) is 9.90. The minimum atomic E-state index is -0.572. The van der Waals surface area contributed by atoms with Crippen LogP contribution in [0.1, 0.15) is 32.0 Å². The van der Waals surface area contributed by atoms with Crippen LogP contribution in [0.4, 0.5) is 5.69 Å². The second-order valence-electron chi connectivity index (χ2n) is 4.69. The third kappa shape index (κ3) is 3.00. The molecule has 0 spiro atoms. The van der Waals surface area contributed by atoms with Crippen molar-refractivity contribution in [1.82, 2.24) is 4.98 Å². The van der Waals surface area contributed by atoms with Gasteiger partial charge in [0.25, 0.3) is 5.91 Å². The molecule has 6 heteroatoms. The second kappa shape index (κ2) is 5.62. The van der Waals surface area contributed by atoms with Gasteiger partial charge in [0.1, 0.15) is 5.56 Å². The van der Waals surface area contributed by atoms with E-state index in [1.165, 1.54) is 12.3 Å². The zero-order valence-electron chi connectivity index (χ0n) is 11.7. The maximum Gasteiger partial charge on any atom is 0.261 e. The van der Waals surface area contributed by atoms with Crippen LogP contribution in [-0.2, 0) is 0 Å². The summed E-state index contributed by atoms with van der Waals surface area (Å²) in [6.07, 6.45) is 1.36. The summed E-state index contributed by atoms with van der Waals surface area (Å²) in [6, 6.07) is 6.18. The molecule has 0 aliphatic heterocycles. The van der Waals surface area contributed by atoms with Crippen molar-refractivity contribution in [2.24, 2.45) is 5.73 Å². The monoisotopic (exact) mass is 285 g/mol. The van der Waals surface area contributed by atoms with Crippen LogP contribution in [0.2, 0.25) is 0 Å². The van der Waals surface area contributed by atoms with Crippen LogP contribution in [0.25, 0.3) is 0 Å². The van der Waals surface area contributed by atoms with Crippen molar-refractivity contribution in [3.8, 4) is 0 Å².